The second-order valence-corrected chi connectivity index (χ2v) is 7.63. The van der Waals surface area contributed by atoms with E-state index < -0.39 is 11.7 Å². The van der Waals surface area contributed by atoms with Crippen LogP contribution in [0, 0.1) is 12.7 Å². The SMILES string of the molecule is Cc1ccc(C(=O)Nc2c(F)cccc2N2CCCC2)cc1NC(=O)c1ccccc1. The van der Waals surface area contributed by atoms with Crippen molar-refractivity contribution in [3.63, 3.8) is 0 Å². The van der Waals surface area contributed by atoms with Gasteiger partial charge in [-0.15, -0.1) is 0 Å². The summed E-state index contributed by atoms with van der Waals surface area (Å²) < 4.78 is 14.6. The Kier molecular flexibility index (Phi) is 5.98. The zero-order chi connectivity index (χ0) is 21.8. The number of anilines is 3. The van der Waals surface area contributed by atoms with Crippen molar-refractivity contribution in [1.29, 1.82) is 0 Å². The van der Waals surface area contributed by atoms with Gasteiger partial charge < -0.3 is 15.5 Å². The van der Waals surface area contributed by atoms with Crippen LogP contribution in [0.3, 0.4) is 0 Å². The fraction of sp³-hybridized carbons (Fsp3) is 0.200. The minimum Gasteiger partial charge on any atom is -0.370 e. The maximum absolute atomic E-state index is 14.6. The number of nitrogens with zero attached hydrogens (tertiary/aromatic N) is 1. The van der Waals surface area contributed by atoms with Crippen molar-refractivity contribution < 1.29 is 14.0 Å². The van der Waals surface area contributed by atoms with Crippen LogP contribution in [0.4, 0.5) is 21.5 Å². The number of benzene rings is 3. The summed E-state index contributed by atoms with van der Waals surface area (Å²) in [6.45, 7) is 3.53. The van der Waals surface area contributed by atoms with Gasteiger partial charge >= 0.3 is 0 Å². The third-order valence-electron chi connectivity index (χ3n) is 5.46. The second kappa shape index (κ2) is 9.00. The number of halogens is 1. The van der Waals surface area contributed by atoms with Gasteiger partial charge in [0.2, 0.25) is 0 Å². The smallest absolute Gasteiger partial charge is 0.255 e. The van der Waals surface area contributed by atoms with Crippen LogP contribution in [0.1, 0.15) is 39.1 Å². The molecule has 1 aliphatic rings. The lowest BCUT2D eigenvalue weighted by Crippen LogP contribution is -2.22. The highest BCUT2D eigenvalue weighted by Gasteiger charge is 2.20. The molecule has 0 atom stereocenters. The van der Waals surface area contributed by atoms with Crippen molar-refractivity contribution in [3.8, 4) is 0 Å². The molecule has 3 aromatic rings. The standard InChI is InChI=1S/C25H24FN3O2/c1-17-12-13-19(16-21(17)27-24(30)18-8-3-2-4-9-18)25(31)28-23-20(26)10-7-11-22(23)29-14-5-6-15-29/h2-4,7-13,16H,5-6,14-15H2,1H3,(H,27,30)(H,28,31). The number of carbonyl (C=O) groups excluding carboxylic acids is 2. The summed E-state index contributed by atoms with van der Waals surface area (Å²) in [5.74, 6) is -1.16. The van der Waals surface area contributed by atoms with Gasteiger partial charge in [0, 0.05) is 29.9 Å². The van der Waals surface area contributed by atoms with E-state index in [9.17, 15) is 14.0 Å². The van der Waals surface area contributed by atoms with Crippen molar-refractivity contribution in [2.24, 2.45) is 0 Å². The summed E-state index contributed by atoms with van der Waals surface area (Å²) in [5, 5.41) is 5.59. The molecule has 0 saturated carbocycles. The maximum Gasteiger partial charge on any atom is 0.255 e. The monoisotopic (exact) mass is 417 g/mol. The molecule has 0 unspecified atom stereocenters. The van der Waals surface area contributed by atoms with Crippen LogP contribution >= 0.6 is 0 Å². The van der Waals surface area contributed by atoms with Crippen molar-refractivity contribution in [1.82, 2.24) is 0 Å². The second-order valence-electron chi connectivity index (χ2n) is 7.63. The summed E-state index contributed by atoms with van der Waals surface area (Å²) in [4.78, 5) is 27.5. The van der Waals surface area contributed by atoms with E-state index in [1.54, 1.807) is 48.5 Å². The first-order valence-corrected chi connectivity index (χ1v) is 10.3. The third kappa shape index (κ3) is 4.58. The number of hydrogen-bond donors (Lipinski definition) is 2. The normalized spacial score (nSPS) is 13.2. The molecular weight excluding hydrogens is 393 g/mol. The number of rotatable bonds is 5. The Bertz CT molecular complexity index is 1110. The molecule has 0 spiro atoms. The topological polar surface area (TPSA) is 61.4 Å². The van der Waals surface area contributed by atoms with E-state index in [4.69, 9.17) is 0 Å². The molecule has 5 nitrogen and oxygen atoms in total. The summed E-state index contributed by atoms with van der Waals surface area (Å²) in [5.41, 5.74) is 3.10. The summed E-state index contributed by atoms with van der Waals surface area (Å²) in [7, 11) is 0. The molecule has 158 valence electrons. The third-order valence-corrected chi connectivity index (χ3v) is 5.46. The van der Waals surface area contributed by atoms with Gasteiger partial charge in [-0.25, -0.2) is 4.39 Å². The lowest BCUT2D eigenvalue weighted by Gasteiger charge is -2.22. The molecule has 2 amide bonds. The highest BCUT2D eigenvalue weighted by Crippen LogP contribution is 2.32. The van der Waals surface area contributed by atoms with E-state index >= 15 is 0 Å². The first kappa shape index (κ1) is 20.6. The zero-order valence-electron chi connectivity index (χ0n) is 17.3. The van der Waals surface area contributed by atoms with Crippen LogP contribution in [-0.2, 0) is 0 Å². The number of hydrogen-bond acceptors (Lipinski definition) is 3. The van der Waals surface area contributed by atoms with Gasteiger partial charge in [0.15, 0.2) is 0 Å². The molecule has 0 aliphatic carbocycles. The number of nitrogens with one attached hydrogen (secondary N) is 2. The van der Waals surface area contributed by atoms with E-state index in [1.165, 1.54) is 6.07 Å². The van der Waals surface area contributed by atoms with Gasteiger partial charge in [-0.05, 0) is 61.7 Å². The molecule has 4 rings (SSSR count). The minimum absolute atomic E-state index is 0.185. The number of carbonyl (C=O) groups is 2. The van der Waals surface area contributed by atoms with Gasteiger partial charge in [0.1, 0.15) is 11.5 Å². The first-order valence-electron chi connectivity index (χ1n) is 10.3. The Hall–Kier alpha value is -3.67. The largest absolute Gasteiger partial charge is 0.370 e. The van der Waals surface area contributed by atoms with Gasteiger partial charge in [-0.2, -0.15) is 0 Å². The van der Waals surface area contributed by atoms with Crippen LogP contribution < -0.4 is 15.5 Å². The van der Waals surface area contributed by atoms with Gasteiger partial charge in [-0.3, -0.25) is 9.59 Å². The Morgan fingerprint density at radius 2 is 1.55 bits per heavy atom. The van der Waals surface area contributed by atoms with Crippen molar-refractivity contribution in [2.75, 3.05) is 28.6 Å². The van der Waals surface area contributed by atoms with E-state index in [0.717, 1.165) is 31.5 Å². The van der Waals surface area contributed by atoms with Crippen molar-refractivity contribution in [2.45, 2.75) is 19.8 Å². The van der Waals surface area contributed by atoms with Gasteiger partial charge in [0.05, 0.1) is 5.69 Å². The Morgan fingerprint density at radius 1 is 0.839 bits per heavy atom. The molecule has 0 radical (unpaired) electrons. The summed E-state index contributed by atoms with van der Waals surface area (Å²) in [6.07, 6.45) is 2.10. The molecule has 3 aromatic carbocycles. The lowest BCUT2D eigenvalue weighted by atomic mass is 10.1. The first-order chi connectivity index (χ1) is 15.0. The number of amides is 2. The summed E-state index contributed by atoms with van der Waals surface area (Å²) >= 11 is 0. The minimum atomic E-state index is -0.470. The van der Waals surface area contributed by atoms with Crippen LogP contribution in [0.15, 0.2) is 66.7 Å². The molecule has 0 aromatic heterocycles. The summed E-state index contributed by atoms with van der Waals surface area (Å²) in [6, 6.07) is 18.7. The lowest BCUT2D eigenvalue weighted by molar-refractivity contribution is 0.101. The predicted molar refractivity (Wildman–Crippen MR) is 121 cm³/mol. The van der Waals surface area contributed by atoms with Gasteiger partial charge in [-0.1, -0.05) is 30.3 Å². The molecule has 31 heavy (non-hydrogen) atoms. The quantitative estimate of drug-likeness (QED) is 0.597. The molecule has 2 N–H and O–H groups in total. The molecule has 1 heterocycles. The van der Waals surface area contributed by atoms with Crippen molar-refractivity contribution >= 4 is 28.9 Å². The highest BCUT2D eigenvalue weighted by molar-refractivity contribution is 6.08. The Balaban J connectivity index is 1.56. The van der Waals surface area contributed by atoms with E-state index in [-0.39, 0.29) is 11.6 Å². The average molecular weight is 417 g/mol. The number of aryl methyl sites for hydroxylation is 1. The fourth-order valence-corrected chi connectivity index (χ4v) is 3.73. The molecule has 0 bridgehead atoms. The zero-order valence-corrected chi connectivity index (χ0v) is 17.3. The molecule has 1 saturated heterocycles. The molecule has 1 aliphatic heterocycles. The van der Waals surface area contributed by atoms with Crippen LogP contribution in [-0.4, -0.2) is 24.9 Å². The van der Waals surface area contributed by atoms with Gasteiger partial charge in [0.25, 0.3) is 11.8 Å². The fourth-order valence-electron chi connectivity index (χ4n) is 3.73. The van der Waals surface area contributed by atoms with E-state index in [2.05, 4.69) is 15.5 Å². The van der Waals surface area contributed by atoms with E-state index in [0.29, 0.717) is 22.5 Å². The maximum atomic E-state index is 14.6. The van der Waals surface area contributed by atoms with Crippen LogP contribution in [0.5, 0.6) is 0 Å². The predicted octanol–water partition coefficient (Wildman–Crippen LogP) is 5.24. The number of para-hydroxylation sites is 1. The Labute approximate surface area is 180 Å². The average Bonchev–Trinajstić information content (AvgIpc) is 3.32. The molecule has 6 heteroatoms. The van der Waals surface area contributed by atoms with E-state index in [1.807, 2.05) is 19.1 Å². The van der Waals surface area contributed by atoms with Crippen molar-refractivity contribution in [3.05, 3.63) is 89.2 Å². The van der Waals surface area contributed by atoms with Crippen LogP contribution in [0.2, 0.25) is 0 Å². The Morgan fingerprint density at radius 3 is 2.29 bits per heavy atom. The van der Waals surface area contributed by atoms with Crippen LogP contribution in [0.25, 0.3) is 0 Å². The highest BCUT2D eigenvalue weighted by atomic mass is 19.1. The molecular formula is C25H24FN3O2. The molecule has 1 fully saturated rings.